The summed E-state index contributed by atoms with van der Waals surface area (Å²) in [4.78, 5) is 67.2. The first-order valence-electron chi connectivity index (χ1n) is 20.1. The van der Waals surface area contributed by atoms with Crippen molar-refractivity contribution in [2.45, 2.75) is 180 Å². The quantitative estimate of drug-likeness (QED) is 0.0280. The van der Waals surface area contributed by atoms with Gasteiger partial charge in [-0.05, 0) is 122 Å². The molecule has 0 spiro atoms. The lowest BCUT2D eigenvalue weighted by molar-refractivity contribution is -0.160. The zero-order valence-electron chi connectivity index (χ0n) is 38.3. The van der Waals surface area contributed by atoms with Crippen LogP contribution in [0.3, 0.4) is 0 Å². The van der Waals surface area contributed by atoms with Crippen LogP contribution in [0.15, 0.2) is 12.2 Å². The van der Waals surface area contributed by atoms with Crippen molar-refractivity contribution in [1.82, 2.24) is 0 Å². The summed E-state index contributed by atoms with van der Waals surface area (Å²) in [5.74, 6) is -3.32. The van der Waals surface area contributed by atoms with E-state index in [1.54, 1.807) is 34.6 Å². The van der Waals surface area contributed by atoms with Crippen LogP contribution in [0.2, 0.25) is 0 Å². The minimum atomic E-state index is -0.692. The molecule has 0 aromatic heterocycles. The minimum absolute atomic E-state index is 0. The number of esters is 4. The first kappa shape index (κ1) is 64.5. The molecule has 0 saturated carbocycles. The standard InChI is InChI=1S/C17H30O5.C13H24O4.C7H15BrO.C6H10O3.CH4/c1-8-17(6,7)21-11-10-14(16(19)20-9-2)13(5)22-15(18)12(3)4;1-6-13(4,5)17-9-8-11(10(3)14)12(15)16-7-2;1-4-7(2,3)9-6-5-8;1-3-9-6(8)4-5(2)7;/h13-14H,3,8-11H2,1-2,4-7H3;11H,6-9H2,1-5H3;4-6H2,1-3H3;3-4H2,1-2H3;1H4. The lowest BCUT2D eigenvalue weighted by Gasteiger charge is -2.26. The fraction of sp³-hybridized carbons (Fsp3) is 0.818. The van der Waals surface area contributed by atoms with Gasteiger partial charge in [0.1, 0.15) is 30.0 Å². The molecule has 0 heterocycles. The number of ether oxygens (including phenoxy) is 7. The molecule has 344 valence electrons. The van der Waals surface area contributed by atoms with Crippen molar-refractivity contribution in [1.29, 1.82) is 0 Å². The highest BCUT2D eigenvalue weighted by atomic mass is 79.9. The number of rotatable bonds is 25. The Hall–Kier alpha value is -2.68. The smallest absolute Gasteiger partial charge is 0.333 e. The van der Waals surface area contributed by atoms with Crippen molar-refractivity contribution < 1.29 is 61.9 Å². The molecule has 0 aliphatic rings. The number of hydrogen-bond acceptors (Lipinski definition) is 13. The second kappa shape index (κ2) is 36.2. The number of halogens is 1. The van der Waals surface area contributed by atoms with E-state index >= 15 is 0 Å². The highest BCUT2D eigenvalue weighted by molar-refractivity contribution is 9.09. The van der Waals surface area contributed by atoms with Gasteiger partial charge in [0.2, 0.25) is 0 Å². The van der Waals surface area contributed by atoms with Gasteiger partial charge in [0.15, 0.2) is 0 Å². The molecule has 0 aromatic rings. The average molecular weight is 900 g/mol. The molecule has 0 bridgehead atoms. The predicted molar refractivity (Wildman–Crippen MR) is 234 cm³/mol. The Balaban J connectivity index is -0.000000230. The molecule has 3 atom stereocenters. The van der Waals surface area contributed by atoms with Gasteiger partial charge in [-0.2, -0.15) is 0 Å². The Kier molecular flexibility index (Phi) is 40.2. The topological polar surface area (TPSA) is 167 Å². The second-order valence-electron chi connectivity index (χ2n) is 15.0. The molecule has 0 amide bonds. The monoisotopic (exact) mass is 899 g/mol. The Morgan fingerprint density at radius 2 is 1.02 bits per heavy atom. The van der Waals surface area contributed by atoms with Gasteiger partial charge in [0, 0.05) is 24.1 Å². The second-order valence-corrected chi connectivity index (χ2v) is 15.8. The van der Waals surface area contributed by atoms with Crippen molar-refractivity contribution in [3.05, 3.63) is 12.2 Å². The third kappa shape index (κ3) is 37.6. The zero-order chi connectivity index (χ0) is 45.4. The SMILES string of the molecule is C.C=C(C)C(=O)OC(C)C(CCOC(C)(C)CC)C(=O)OCC.CCC(C)(C)OCCBr.CCOC(=O)C(CCOC(C)(C)CC)C(C)=O.CCOC(=O)CC(C)=O. The summed E-state index contributed by atoms with van der Waals surface area (Å²) in [6, 6.07) is 0. The molecule has 0 N–H and O–H groups in total. The van der Waals surface area contributed by atoms with Gasteiger partial charge < -0.3 is 33.2 Å². The molecule has 0 saturated heterocycles. The first-order valence-corrected chi connectivity index (χ1v) is 21.2. The molecule has 0 aliphatic carbocycles. The summed E-state index contributed by atoms with van der Waals surface area (Å²) in [6.07, 6.45) is 2.96. The van der Waals surface area contributed by atoms with E-state index in [4.69, 9.17) is 28.4 Å². The van der Waals surface area contributed by atoms with E-state index in [0.717, 1.165) is 31.2 Å². The summed E-state index contributed by atoms with van der Waals surface area (Å²) >= 11 is 3.31. The van der Waals surface area contributed by atoms with Gasteiger partial charge in [-0.25, -0.2) is 4.79 Å². The van der Waals surface area contributed by atoms with Crippen LogP contribution in [-0.2, 0) is 61.9 Å². The Bertz CT molecular complexity index is 1160. The highest BCUT2D eigenvalue weighted by Crippen LogP contribution is 2.20. The van der Waals surface area contributed by atoms with Gasteiger partial charge in [0.25, 0.3) is 0 Å². The average Bonchev–Trinajstić information content (AvgIpc) is 3.11. The number of hydrogen-bond donors (Lipinski definition) is 0. The van der Waals surface area contributed by atoms with Gasteiger partial charge >= 0.3 is 23.9 Å². The number of ketones is 2. The number of carbonyl (C=O) groups excluding carboxylic acids is 6. The van der Waals surface area contributed by atoms with Gasteiger partial charge in [-0.1, -0.05) is 50.7 Å². The van der Waals surface area contributed by atoms with Crippen LogP contribution in [0.25, 0.3) is 0 Å². The van der Waals surface area contributed by atoms with Crippen LogP contribution in [-0.4, -0.2) is 103 Å². The van der Waals surface area contributed by atoms with Gasteiger partial charge in [-0.3, -0.25) is 24.0 Å². The van der Waals surface area contributed by atoms with Crippen molar-refractivity contribution in [3.63, 3.8) is 0 Å². The fourth-order valence-corrected chi connectivity index (χ4v) is 3.99. The van der Waals surface area contributed by atoms with Crippen molar-refractivity contribution >= 4 is 51.4 Å². The van der Waals surface area contributed by atoms with E-state index in [-0.39, 0.29) is 54.8 Å². The Morgan fingerprint density at radius 3 is 1.36 bits per heavy atom. The molecule has 0 aliphatic heterocycles. The number of alkyl halides is 1. The van der Waals surface area contributed by atoms with Crippen LogP contribution in [0.1, 0.15) is 157 Å². The summed E-state index contributed by atoms with van der Waals surface area (Å²) < 4.78 is 36.6. The van der Waals surface area contributed by atoms with E-state index in [2.05, 4.69) is 48.0 Å². The van der Waals surface area contributed by atoms with Crippen LogP contribution in [0.5, 0.6) is 0 Å². The number of Topliss-reactive ketones (excluding diaryl/α,β-unsaturated/α-hetero) is 2. The van der Waals surface area contributed by atoms with Crippen molar-refractivity contribution in [2.75, 3.05) is 45.0 Å². The zero-order valence-corrected chi connectivity index (χ0v) is 39.9. The van der Waals surface area contributed by atoms with Crippen LogP contribution in [0.4, 0.5) is 0 Å². The van der Waals surface area contributed by atoms with E-state index in [1.165, 1.54) is 13.8 Å². The predicted octanol–water partition coefficient (Wildman–Crippen LogP) is 9.37. The van der Waals surface area contributed by atoms with Crippen LogP contribution in [0, 0.1) is 11.8 Å². The molecule has 58 heavy (non-hydrogen) atoms. The van der Waals surface area contributed by atoms with Crippen LogP contribution >= 0.6 is 15.9 Å². The molecule has 14 heteroatoms. The fourth-order valence-electron chi connectivity index (χ4n) is 3.83. The van der Waals surface area contributed by atoms with E-state index in [1.807, 2.05) is 41.5 Å². The lowest BCUT2D eigenvalue weighted by atomic mass is 9.99. The minimum Gasteiger partial charge on any atom is -0.466 e. The first-order chi connectivity index (χ1) is 26.3. The van der Waals surface area contributed by atoms with E-state index in [9.17, 15) is 28.8 Å². The summed E-state index contributed by atoms with van der Waals surface area (Å²) in [6.45, 7) is 35.7. The number of carbonyl (C=O) groups is 6. The normalized spacial score (nSPS) is 12.4. The molecule has 0 radical (unpaired) electrons. The lowest BCUT2D eigenvalue weighted by Crippen LogP contribution is -2.34. The molecule has 0 aromatic carbocycles. The van der Waals surface area contributed by atoms with Crippen molar-refractivity contribution in [3.8, 4) is 0 Å². The highest BCUT2D eigenvalue weighted by Gasteiger charge is 2.30. The van der Waals surface area contributed by atoms with Crippen molar-refractivity contribution in [2.24, 2.45) is 11.8 Å². The molecular formula is C44H83BrO13. The third-order valence-electron chi connectivity index (χ3n) is 8.50. The van der Waals surface area contributed by atoms with Crippen LogP contribution < -0.4 is 0 Å². The van der Waals surface area contributed by atoms with E-state index in [0.29, 0.717) is 44.8 Å². The van der Waals surface area contributed by atoms with Gasteiger partial charge in [0.05, 0.1) is 49.1 Å². The van der Waals surface area contributed by atoms with E-state index < -0.39 is 35.8 Å². The Labute approximate surface area is 360 Å². The summed E-state index contributed by atoms with van der Waals surface area (Å²) in [5.41, 5.74) is -0.0848. The molecule has 3 unspecified atom stereocenters. The Morgan fingerprint density at radius 1 is 0.621 bits per heavy atom. The third-order valence-corrected chi connectivity index (χ3v) is 8.83. The maximum absolute atomic E-state index is 12.1. The summed E-state index contributed by atoms with van der Waals surface area (Å²) in [5, 5.41) is 0.927. The van der Waals surface area contributed by atoms with Gasteiger partial charge in [-0.15, -0.1) is 0 Å². The molecule has 13 nitrogen and oxygen atoms in total. The maximum atomic E-state index is 12.1. The molecule has 0 rings (SSSR count). The largest absolute Gasteiger partial charge is 0.466 e. The maximum Gasteiger partial charge on any atom is 0.333 e. The molecular weight excluding hydrogens is 816 g/mol. The molecule has 0 fully saturated rings. The summed E-state index contributed by atoms with van der Waals surface area (Å²) in [7, 11) is 0.